The summed E-state index contributed by atoms with van der Waals surface area (Å²) >= 11 is 0. The predicted octanol–water partition coefficient (Wildman–Crippen LogP) is 2.79. The zero-order chi connectivity index (χ0) is 24.6. The van der Waals surface area contributed by atoms with Crippen molar-refractivity contribution in [1.29, 1.82) is 0 Å². The van der Waals surface area contributed by atoms with Gasteiger partial charge in [-0.2, -0.15) is 0 Å². The highest BCUT2D eigenvalue weighted by atomic mass is 32.2. The molecule has 0 aliphatic carbocycles. The van der Waals surface area contributed by atoms with Gasteiger partial charge in [-0.15, -0.1) is 0 Å². The summed E-state index contributed by atoms with van der Waals surface area (Å²) < 4.78 is 31.3. The Hall–Kier alpha value is -3.89. The Morgan fingerprint density at radius 1 is 1.00 bits per heavy atom. The number of ether oxygens (including phenoxy) is 1. The first-order chi connectivity index (χ1) is 16.3. The van der Waals surface area contributed by atoms with E-state index in [4.69, 9.17) is 15.3 Å². The van der Waals surface area contributed by atoms with Crippen molar-refractivity contribution in [2.75, 3.05) is 26.0 Å². The number of carbonyl (C=O) groups is 1. The molecule has 3 aromatic carbocycles. The summed E-state index contributed by atoms with van der Waals surface area (Å²) in [6.07, 6.45) is 0. The van der Waals surface area contributed by atoms with Crippen LogP contribution in [0.2, 0.25) is 0 Å². The fraction of sp³-hybridized carbons (Fsp3) is 0.167. The second kappa shape index (κ2) is 11.3. The number of benzene rings is 3. The first kappa shape index (κ1) is 24.7. The minimum absolute atomic E-state index is 0.0645. The van der Waals surface area contributed by atoms with E-state index in [2.05, 4.69) is 10.5 Å². The fourth-order valence-electron chi connectivity index (χ4n) is 2.82. The van der Waals surface area contributed by atoms with E-state index in [1.54, 1.807) is 30.3 Å². The van der Waals surface area contributed by atoms with Crippen LogP contribution in [0.4, 0.5) is 5.69 Å². The van der Waals surface area contributed by atoms with Crippen molar-refractivity contribution in [2.24, 2.45) is 10.9 Å². The second-order valence-electron chi connectivity index (χ2n) is 7.41. The number of nitrogens with one attached hydrogen (secondary N) is 1. The molecular formula is C24H26N4O5S. The van der Waals surface area contributed by atoms with Gasteiger partial charge in [-0.25, -0.2) is 12.7 Å². The molecule has 0 fully saturated rings. The molecule has 0 bridgehead atoms. The molecule has 3 rings (SSSR count). The third kappa shape index (κ3) is 6.80. The second-order valence-corrected chi connectivity index (χ2v) is 9.56. The van der Waals surface area contributed by atoms with Crippen molar-refractivity contribution < 1.29 is 22.8 Å². The van der Waals surface area contributed by atoms with Crippen LogP contribution in [0.3, 0.4) is 0 Å². The number of amides is 1. The van der Waals surface area contributed by atoms with Crippen molar-refractivity contribution in [3.05, 3.63) is 90.0 Å². The maximum absolute atomic E-state index is 12.2. The van der Waals surface area contributed by atoms with Gasteiger partial charge in [0.05, 0.1) is 4.90 Å². The molecule has 0 saturated heterocycles. The summed E-state index contributed by atoms with van der Waals surface area (Å²) in [5, 5.41) is 6.34. The number of hydrogen-bond donors (Lipinski definition) is 2. The standard InChI is InChI=1S/C24H26N4O5S/c1-28(2)34(30,31)22-10-6-9-20(15-22)26-23(29)17-33-27-24(25)19-11-13-21(14-12-19)32-16-18-7-4-3-5-8-18/h3-15H,16-17H2,1-2H3,(H2,25,27)(H,26,29). The van der Waals surface area contributed by atoms with Gasteiger partial charge >= 0.3 is 0 Å². The zero-order valence-corrected chi connectivity index (χ0v) is 19.7. The SMILES string of the molecule is CN(C)S(=O)(=O)c1cccc(NC(=O)CO/N=C(/N)c2ccc(OCc3ccccc3)cc2)c1. The zero-order valence-electron chi connectivity index (χ0n) is 18.8. The number of amidine groups is 1. The van der Waals surface area contributed by atoms with E-state index in [0.717, 1.165) is 9.87 Å². The van der Waals surface area contributed by atoms with Gasteiger partial charge in [-0.1, -0.05) is 41.6 Å². The number of nitrogens with zero attached hydrogens (tertiary/aromatic N) is 2. The molecule has 0 spiro atoms. The van der Waals surface area contributed by atoms with Gasteiger partial charge in [-0.3, -0.25) is 4.79 Å². The molecule has 0 aromatic heterocycles. The quantitative estimate of drug-likeness (QED) is 0.260. The lowest BCUT2D eigenvalue weighted by molar-refractivity contribution is -0.120. The molecule has 10 heteroatoms. The molecule has 3 aromatic rings. The molecule has 0 aliphatic heterocycles. The van der Waals surface area contributed by atoms with Gasteiger partial charge in [0.15, 0.2) is 12.4 Å². The highest BCUT2D eigenvalue weighted by Gasteiger charge is 2.17. The molecule has 3 N–H and O–H groups in total. The van der Waals surface area contributed by atoms with Crippen LogP contribution in [-0.2, 0) is 26.3 Å². The summed E-state index contributed by atoms with van der Waals surface area (Å²) in [4.78, 5) is 17.2. The molecule has 1 amide bonds. The first-order valence-corrected chi connectivity index (χ1v) is 11.7. The van der Waals surface area contributed by atoms with Crippen molar-refractivity contribution in [2.45, 2.75) is 11.5 Å². The molecular weight excluding hydrogens is 456 g/mol. The average Bonchev–Trinajstić information content (AvgIpc) is 2.83. The Balaban J connectivity index is 1.50. The highest BCUT2D eigenvalue weighted by molar-refractivity contribution is 7.89. The van der Waals surface area contributed by atoms with Gasteiger partial charge in [0.2, 0.25) is 10.0 Å². The van der Waals surface area contributed by atoms with Gasteiger partial charge in [-0.05, 0) is 48.0 Å². The molecule has 0 heterocycles. The summed E-state index contributed by atoms with van der Waals surface area (Å²) in [5.74, 6) is 0.265. The Labute approximate surface area is 198 Å². The minimum atomic E-state index is -3.61. The lowest BCUT2D eigenvalue weighted by Crippen LogP contribution is -2.23. The predicted molar refractivity (Wildman–Crippen MR) is 130 cm³/mol. The van der Waals surface area contributed by atoms with Crippen LogP contribution in [0.15, 0.2) is 88.9 Å². The summed E-state index contributed by atoms with van der Waals surface area (Å²) in [6.45, 7) is 0.0512. The normalized spacial score (nSPS) is 11.8. The van der Waals surface area contributed by atoms with Crippen LogP contribution in [0.25, 0.3) is 0 Å². The fourth-order valence-corrected chi connectivity index (χ4v) is 3.77. The summed E-state index contributed by atoms with van der Waals surface area (Å²) in [5.41, 5.74) is 7.91. The average molecular weight is 483 g/mol. The molecule has 0 unspecified atom stereocenters. The van der Waals surface area contributed by atoms with Crippen molar-refractivity contribution >= 4 is 27.5 Å². The van der Waals surface area contributed by atoms with Crippen molar-refractivity contribution in [3.8, 4) is 5.75 Å². The van der Waals surface area contributed by atoms with Crippen LogP contribution >= 0.6 is 0 Å². The lowest BCUT2D eigenvalue weighted by atomic mass is 10.2. The topological polar surface area (TPSA) is 123 Å². The van der Waals surface area contributed by atoms with E-state index in [-0.39, 0.29) is 10.7 Å². The Bertz CT molecular complexity index is 1240. The Morgan fingerprint density at radius 2 is 1.71 bits per heavy atom. The van der Waals surface area contributed by atoms with Gasteiger partial charge in [0.1, 0.15) is 12.4 Å². The molecule has 34 heavy (non-hydrogen) atoms. The summed E-state index contributed by atoms with van der Waals surface area (Å²) in [6, 6.07) is 22.7. The maximum atomic E-state index is 12.2. The Morgan fingerprint density at radius 3 is 2.38 bits per heavy atom. The Kier molecular flexibility index (Phi) is 8.23. The maximum Gasteiger partial charge on any atom is 0.265 e. The molecule has 0 saturated carbocycles. The molecule has 0 radical (unpaired) electrons. The van der Waals surface area contributed by atoms with Crippen LogP contribution in [0.1, 0.15) is 11.1 Å². The van der Waals surface area contributed by atoms with E-state index in [9.17, 15) is 13.2 Å². The van der Waals surface area contributed by atoms with Crippen LogP contribution in [0, 0.1) is 0 Å². The number of oxime groups is 1. The van der Waals surface area contributed by atoms with E-state index in [1.807, 2.05) is 30.3 Å². The third-order valence-electron chi connectivity index (χ3n) is 4.65. The van der Waals surface area contributed by atoms with Gasteiger partial charge < -0.3 is 20.6 Å². The van der Waals surface area contributed by atoms with Gasteiger partial charge in [0, 0.05) is 25.3 Å². The summed E-state index contributed by atoms with van der Waals surface area (Å²) in [7, 11) is -0.746. The van der Waals surface area contributed by atoms with Crippen LogP contribution in [0.5, 0.6) is 5.75 Å². The molecule has 178 valence electrons. The highest BCUT2D eigenvalue weighted by Crippen LogP contribution is 2.18. The number of sulfonamides is 1. The molecule has 0 atom stereocenters. The van der Waals surface area contributed by atoms with Crippen LogP contribution in [-0.4, -0.2) is 45.2 Å². The minimum Gasteiger partial charge on any atom is -0.489 e. The van der Waals surface area contributed by atoms with Crippen molar-refractivity contribution in [1.82, 2.24) is 4.31 Å². The van der Waals surface area contributed by atoms with Gasteiger partial charge in [0.25, 0.3) is 5.91 Å². The number of rotatable bonds is 10. The molecule has 0 aliphatic rings. The van der Waals surface area contributed by atoms with E-state index in [1.165, 1.54) is 32.3 Å². The van der Waals surface area contributed by atoms with E-state index >= 15 is 0 Å². The number of carbonyl (C=O) groups excluding carboxylic acids is 1. The first-order valence-electron chi connectivity index (χ1n) is 10.3. The van der Waals surface area contributed by atoms with Crippen molar-refractivity contribution in [3.63, 3.8) is 0 Å². The smallest absolute Gasteiger partial charge is 0.265 e. The molecule has 9 nitrogen and oxygen atoms in total. The largest absolute Gasteiger partial charge is 0.489 e. The monoisotopic (exact) mass is 482 g/mol. The van der Waals surface area contributed by atoms with Crippen LogP contribution < -0.4 is 15.8 Å². The lowest BCUT2D eigenvalue weighted by Gasteiger charge is -2.12. The van der Waals surface area contributed by atoms with E-state index < -0.39 is 22.5 Å². The number of nitrogens with two attached hydrogens (primary N) is 1. The third-order valence-corrected chi connectivity index (χ3v) is 6.46. The number of hydrogen-bond acceptors (Lipinski definition) is 6. The number of anilines is 1. The van der Waals surface area contributed by atoms with E-state index in [0.29, 0.717) is 23.6 Å².